The number of hydrogen-bond donors (Lipinski definition) is 0. The second-order valence-corrected chi connectivity index (χ2v) is 6.09. The first-order chi connectivity index (χ1) is 12.6. The molecule has 0 atom stereocenters. The molecule has 1 aliphatic rings. The van der Waals surface area contributed by atoms with Crippen LogP contribution < -0.4 is 4.74 Å². The van der Waals surface area contributed by atoms with E-state index in [1.165, 1.54) is 4.90 Å². The predicted octanol–water partition coefficient (Wildman–Crippen LogP) is 2.41. The summed E-state index contributed by atoms with van der Waals surface area (Å²) in [6.45, 7) is 2.30. The number of hydrogen-bond acceptors (Lipinski definition) is 4. The average molecular weight is 354 g/mol. The lowest BCUT2D eigenvalue weighted by Gasteiger charge is -2.28. The van der Waals surface area contributed by atoms with Crippen LogP contribution in [0.15, 0.2) is 54.6 Å². The fourth-order valence-corrected chi connectivity index (χ4v) is 2.70. The van der Waals surface area contributed by atoms with Crippen molar-refractivity contribution >= 4 is 11.8 Å². The Balaban J connectivity index is 1.57. The highest BCUT2D eigenvalue weighted by Crippen LogP contribution is 2.21. The van der Waals surface area contributed by atoms with Gasteiger partial charge < -0.3 is 19.3 Å². The van der Waals surface area contributed by atoms with Crippen LogP contribution in [-0.2, 0) is 9.53 Å². The van der Waals surface area contributed by atoms with Gasteiger partial charge in [0.15, 0.2) is 0 Å². The smallest absolute Gasteiger partial charge is 0.254 e. The Morgan fingerprint density at radius 1 is 1.00 bits per heavy atom. The van der Waals surface area contributed by atoms with Gasteiger partial charge in [0, 0.05) is 25.7 Å². The number of para-hydroxylation sites is 1. The van der Waals surface area contributed by atoms with E-state index in [0.29, 0.717) is 37.6 Å². The third kappa shape index (κ3) is 4.61. The molecule has 1 fully saturated rings. The van der Waals surface area contributed by atoms with E-state index in [4.69, 9.17) is 9.47 Å². The molecule has 0 N–H and O–H groups in total. The Labute approximate surface area is 152 Å². The molecule has 2 aromatic carbocycles. The van der Waals surface area contributed by atoms with Crippen molar-refractivity contribution in [3.8, 4) is 11.5 Å². The van der Waals surface area contributed by atoms with E-state index in [1.807, 2.05) is 30.3 Å². The van der Waals surface area contributed by atoms with Gasteiger partial charge >= 0.3 is 0 Å². The lowest BCUT2D eigenvalue weighted by molar-refractivity contribution is -0.135. The van der Waals surface area contributed by atoms with Crippen molar-refractivity contribution in [3.63, 3.8) is 0 Å². The molecule has 2 aromatic rings. The quantitative estimate of drug-likeness (QED) is 0.827. The highest BCUT2D eigenvalue weighted by atomic mass is 16.5. The molecular formula is C20H22N2O4. The second kappa shape index (κ2) is 8.49. The highest BCUT2D eigenvalue weighted by Gasteiger charge is 2.21. The largest absolute Gasteiger partial charge is 0.457 e. The number of carbonyl (C=O) groups excluding carboxylic acids is 2. The van der Waals surface area contributed by atoms with E-state index in [0.717, 1.165) is 5.75 Å². The summed E-state index contributed by atoms with van der Waals surface area (Å²) in [7, 11) is 1.63. The Bertz CT molecular complexity index is 740. The van der Waals surface area contributed by atoms with Crippen molar-refractivity contribution in [1.29, 1.82) is 0 Å². The SMILES string of the molecule is CN(CC(=O)N1CCOCC1)C(=O)c1ccc(Oc2ccccc2)cc1. The average Bonchev–Trinajstić information content (AvgIpc) is 2.69. The van der Waals surface area contributed by atoms with Crippen LogP contribution >= 0.6 is 0 Å². The molecule has 26 heavy (non-hydrogen) atoms. The van der Waals surface area contributed by atoms with Gasteiger partial charge in [-0.1, -0.05) is 18.2 Å². The van der Waals surface area contributed by atoms with E-state index in [9.17, 15) is 9.59 Å². The molecular weight excluding hydrogens is 332 g/mol. The summed E-state index contributed by atoms with van der Waals surface area (Å²) in [5.41, 5.74) is 0.516. The lowest BCUT2D eigenvalue weighted by Crippen LogP contribution is -2.46. The van der Waals surface area contributed by atoms with Crippen LogP contribution in [0.4, 0.5) is 0 Å². The summed E-state index contributed by atoms with van der Waals surface area (Å²) in [4.78, 5) is 27.9. The second-order valence-electron chi connectivity index (χ2n) is 6.09. The molecule has 136 valence electrons. The van der Waals surface area contributed by atoms with Crippen LogP contribution in [0, 0.1) is 0 Å². The molecule has 6 heteroatoms. The molecule has 0 spiro atoms. The van der Waals surface area contributed by atoms with Crippen LogP contribution in [0.2, 0.25) is 0 Å². The zero-order chi connectivity index (χ0) is 18.4. The van der Waals surface area contributed by atoms with Gasteiger partial charge in [-0.15, -0.1) is 0 Å². The molecule has 1 aliphatic heterocycles. The number of benzene rings is 2. The van der Waals surface area contributed by atoms with E-state index in [1.54, 1.807) is 36.2 Å². The highest BCUT2D eigenvalue weighted by molar-refractivity contribution is 5.96. The molecule has 0 radical (unpaired) electrons. The van der Waals surface area contributed by atoms with Gasteiger partial charge in [0.25, 0.3) is 5.91 Å². The summed E-state index contributed by atoms with van der Waals surface area (Å²) < 4.78 is 11.0. The minimum Gasteiger partial charge on any atom is -0.457 e. The first-order valence-electron chi connectivity index (χ1n) is 8.57. The summed E-state index contributed by atoms with van der Waals surface area (Å²) >= 11 is 0. The molecule has 1 saturated heterocycles. The fraction of sp³-hybridized carbons (Fsp3) is 0.300. The minimum absolute atomic E-state index is 0.0566. The van der Waals surface area contributed by atoms with Crippen LogP contribution in [0.25, 0.3) is 0 Å². The Morgan fingerprint density at radius 2 is 1.62 bits per heavy atom. The van der Waals surface area contributed by atoms with Gasteiger partial charge in [-0.25, -0.2) is 0 Å². The maximum Gasteiger partial charge on any atom is 0.254 e. The monoisotopic (exact) mass is 354 g/mol. The Morgan fingerprint density at radius 3 is 2.27 bits per heavy atom. The number of morpholine rings is 1. The summed E-state index contributed by atoms with van der Waals surface area (Å²) in [6, 6.07) is 16.3. The van der Waals surface area contributed by atoms with Gasteiger partial charge in [0.1, 0.15) is 11.5 Å². The maximum absolute atomic E-state index is 12.5. The van der Waals surface area contributed by atoms with Gasteiger partial charge in [0.05, 0.1) is 19.8 Å². The number of ether oxygens (including phenoxy) is 2. The normalized spacial score (nSPS) is 14.0. The van der Waals surface area contributed by atoms with Gasteiger partial charge in [-0.3, -0.25) is 9.59 Å². The van der Waals surface area contributed by atoms with Crippen LogP contribution in [-0.4, -0.2) is 61.5 Å². The Kier molecular flexibility index (Phi) is 5.86. The molecule has 0 bridgehead atoms. The molecule has 3 rings (SSSR count). The number of nitrogens with zero attached hydrogens (tertiary/aromatic N) is 2. The fourth-order valence-electron chi connectivity index (χ4n) is 2.70. The zero-order valence-electron chi connectivity index (χ0n) is 14.8. The first-order valence-corrected chi connectivity index (χ1v) is 8.57. The first kappa shape index (κ1) is 17.9. The number of likely N-dealkylation sites (N-methyl/N-ethyl adjacent to an activating group) is 1. The van der Waals surface area contributed by atoms with Crippen molar-refractivity contribution in [2.24, 2.45) is 0 Å². The minimum atomic E-state index is -0.196. The Hall–Kier alpha value is -2.86. The summed E-state index contributed by atoms with van der Waals surface area (Å²) in [5, 5.41) is 0. The summed E-state index contributed by atoms with van der Waals surface area (Å²) in [5.74, 6) is 1.13. The van der Waals surface area contributed by atoms with Crippen molar-refractivity contribution < 1.29 is 19.1 Å². The van der Waals surface area contributed by atoms with Crippen LogP contribution in [0.1, 0.15) is 10.4 Å². The third-order valence-electron chi connectivity index (χ3n) is 4.16. The predicted molar refractivity (Wildman–Crippen MR) is 97.3 cm³/mol. The van der Waals surface area contributed by atoms with Crippen LogP contribution in [0.5, 0.6) is 11.5 Å². The van der Waals surface area contributed by atoms with E-state index < -0.39 is 0 Å². The van der Waals surface area contributed by atoms with Gasteiger partial charge in [-0.05, 0) is 36.4 Å². The van der Waals surface area contributed by atoms with Crippen molar-refractivity contribution in [2.45, 2.75) is 0 Å². The molecule has 1 heterocycles. The molecule has 0 unspecified atom stereocenters. The van der Waals surface area contributed by atoms with E-state index >= 15 is 0 Å². The summed E-state index contributed by atoms with van der Waals surface area (Å²) in [6.07, 6.45) is 0. The molecule has 0 aromatic heterocycles. The zero-order valence-corrected chi connectivity index (χ0v) is 14.8. The molecule has 0 aliphatic carbocycles. The van der Waals surface area contributed by atoms with Crippen molar-refractivity contribution in [2.75, 3.05) is 39.9 Å². The molecule has 2 amide bonds. The van der Waals surface area contributed by atoms with Crippen molar-refractivity contribution in [1.82, 2.24) is 9.80 Å². The molecule has 6 nitrogen and oxygen atoms in total. The standard InChI is InChI=1S/C20H22N2O4/c1-21(15-19(23)22-11-13-25-14-12-22)20(24)16-7-9-18(10-8-16)26-17-5-3-2-4-6-17/h2-10H,11-15H2,1H3. The number of carbonyl (C=O) groups is 2. The number of rotatable bonds is 5. The van der Waals surface area contributed by atoms with E-state index in [-0.39, 0.29) is 18.4 Å². The van der Waals surface area contributed by atoms with Crippen molar-refractivity contribution in [3.05, 3.63) is 60.2 Å². The van der Waals surface area contributed by atoms with Crippen LogP contribution in [0.3, 0.4) is 0 Å². The molecule has 0 saturated carbocycles. The van der Waals surface area contributed by atoms with Gasteiger partial charge in [0.2, 0.25) is 5.91 Å². The van der Waals surface area contributed by atoms with E-state index in [2.05, 4.69) is 0 Å². The maximum atomic E-state index is 12.5. The van der Waals surface area contributed by atoms with Gasteiger partial charge in [-0.2, -0.15) is 0 Å². The lowest BCUT2D eigenvalue weighted by atomic mass is 10.2. The third-order valence-corrected chi connectivity index (χ3v) is 4.16. The number of amides is 2. The topological polar surface area (TPSA) is 59.1 Å².